The Hall–Kier alpha value is -5.70. The molecule has 0 radical (unpaired) electrons. The summed E-state index contributed by atoms with van der Waals surface area (Å²) in [5.74, 6) is -2.64. The Morgan fingerprint density at radius 2 is 1.89 bits per heavy atom. The Morgan fingerprint density at radius 1 is 1.07 bits per heavy atom. The number of halogens is 3. The molecule has 232 valence electrons. The molecule has 0 aliphatic carbocycles. The third-order valence-electron chi connectivity index (χ3n) is 8.06. The Labute approximate surface area is 261 Å². The minimum Gasteiger partial charge on any atom is -0.489 e. The van der Waals surface area contributed by atoms with Crippen LogP contribution >= 0.6 is 0 Å². The zero-order chi connectivity index (χ0) is 32.5. The first-order valence-corrected chi connectivity index (χ1v) is 14.4. The van der Waals surface area contributed by atoms with Gasteiger partial charge < -0.3 is 19.3 Å². The van der Waals surface area contributed by atoms with Crippen molar-refractivity contribution in [3.05, 3.63) is 112 Å². The summed E-state index contributed by atoms with van der Waals surface area (Å²) < 4.78 is 52.9. The topological polar surface area (TPSA) is 121 Å². The first-order chi connectivity index (χ1) is 22.1. The average molecular weight is 626 g/mol. The molecule has 12 heteroatoms. The number of benzene rings is 3. The van der Waals surface area contributed by atoms with Crippen molar-refractivity contribution >= 4 is 22.9 Å². The van der Waals surface area contributed by atoms with Gasteiger partial charge in [-0.1, -0.05) is 6.07 Å². The highest BCUT2D eigenvalue weighted by Gasteiger charge is 2.31. The van der Waals surface area contributed by atoms with Gasteiger partial charge in [-0.2, -0.15) is 5.26 Å². The molecule has 1 N–H and O–H groups in total. The summed E-state index contributed by atoms with van der Waals surface area (Å²) in [6.07, 6.45) is 1.97. The van der Waals surface area contributed by atoms with Gasteiger partial charge in [0.25, 0.3) is 0 Å². The predicted octanol–water partition coefficient (Wildman–Crippen LogP) is 5.88. The van der Waals surface area contributed by atoms with Crippen molar-refractivity contribution in [2.45, 2.75) is 39.0 Å². The lowest BCUT2D eigenvalue weighted by Gasteiger charge is -2.41. The van der Waals surface area contributed by atoms with Gasteiger partial charge in [0, 0.05) is 49.8 Å². The van der Waals surface area contributed by atoms with Crippen LogP contribution in [-0.4, -0.2) is 49.0 Å². The number of ether oxygens (including phenoxy) is 1. The second kappa shape index (κ2) is 12.4. The van der Waals surface area contributed by atoms with Crippen molar-refractivity contribution in [1.82, 2.24) is 19.4 Å². The van der Waals surface area contributed by atoms with E-state index in [0.29, 0.717) is 29.9 Å². The molecule has 3 heterocycles. The van der Waals surface area contributed by atoms with Crippen LogP contribution in [0.4, 0.5) is 13.2 Å². The van der Waals surface area contributed by atoms with Crippen molar-refractivity contribution in [1.29, 1.82) is 5.26 Å². The number of carboxylic acid groups (broad SMARTS) is 1. The van der Waals surface area contributed by atoms with Crippen molar-refractivity contribution in [2.24, 2.45) is 0 Å². The normalized spacial score (nSPS) is 14.2. The van der Waals surface area contributed by atoms with Gasteiger partial charge in [-0.3, -0.25) is 9.78 Å². The average Bonchev–Trinajstić information content (AvgIpc) is 3.35. The van der Waals surface area contributed by atoms with Crippen LogP contribution in [0.2, 0.25) is 0 Å². The molecule has 0 unspecified atom stereocenters. The lowest BCUT2D eigenvalue weighted by atomic mass is 10.0. The highest BCUT2D eigenvalue weighted by molar-refractivity contribution is 5.92. The summed E-state index contributed by atoms with van der Waals surface area (Å²) in [6.45, 7) is 2.21. The number of amides is 1. The number of hydrogen-bond acceptors (Lipinski definition) is 6. The summed E-state index contributed by atoms with van der Waals surface area (Å²) >= 11 is 0. The van der Waals surface area contributed by atoms with Gasteiger partial charge in [-0.25, -0.2) is 22.9 Å². The Morgan fingerprint density at radius 3 is 2.59 bits per heavy atom. The van der Waals surface area contributed by atoms with Crippen LogP contribution < -0.4 is 4.74 Å². The molecule has 9 nitrogen and oxygen atoms in total. The highest BCUT2D eigenvalue weighted by Crippen LogP contribution is 2.31. The molecule has 2 aromatic heterocycles. The molecule has 1 amide bonds. The number of carboxylic acids is 1. The predicted molar refractivity (Wildman–Crippen MR) is 160 cm³/mol. The van der Waals surface area contributed by atoms with Crippen molar-refractivity contribution in [3.8, 4) is 23.1 Å². The molecular formula is C34H26F3N5O4. The summed E-state index contributed by atoms with van der Waals surface area (Å²) in [6, 6.07) is 15.2. The Bertz CT molecular complexity index is 2060. The zero-order valence-electron chi connectivity index (χ0n) is 24.5. The van der Waals surface area contributed by atoms with Gasteiger partial charge in [0.15, 0.2) is 0 Å². The first kappa shape index (κ1) is 30.3. The maximum Gasteiger partial charge on any atom is 0.335 e. The van der Waals surface area contributed by atoms with E-state index in [9.17, 15) is 19.1 Å². The van der Waals surface area contributed by atoms with Gasteiger partial charge in [0.2, 0.25) is 5.91 Å². The molecule has 6 rings (SSSR count). The second-order valence-electron chi connectivity index (χ2n) is 11.0. The third-order valence-corrected chi connectivity index (χ3v) is 8.06. The number of likely N-dealkylation sites (tertiary alicyclic amines) is 1. The SMILES string of the molecule is CC(=O)N1CC[C@@H]1Cn1c(Cc2cc(F)cc(-c3cc(OCc4ccc(C#N)cc4F)ccn3)c2F)nc2ccc(C(=O)O)cc21. The molecule has 1 saturated heterocycles. The summed E-state index contributed by atoms with van der Waals surface area (Å²) in [7, 11) is 0. The van der Waals surface area contributed by atoms with Crippen LogP contribution in [0.25, 0.3) is 22.3 Å². The number of nitriles is 1. The molecule has 1 aliphatic rings. The standard InChI is InChI=1S/C34H26F3N5O4/c1-19(43)41-9-7-25(41)17-42-31-12-21(34(44)45)4-5-29(31)40-32(42)13-23-11-24(35)14-27(33(23)37)30-15-26(6-8-39-30)46-18-22-3-2-20(16-38)10-28(22)36/h2-6,8,10-12,14-15,25H,7,9,13,17-18H2,1H3,(H,44,45)/t25-/m1/s1. The van der Waals surface area contributed by atoms with Crippen molar-refractivity contribution < 1.29 is 32.6 Å². The van der Waals surface area contributed by atoms with Gasteiger partial charge >= 0.3 is 5.97 Å². The van der Waals surface area contributed by atoms with Crippen LogP contribution in [0.3, 0.4) is 0 Å². The van der Waals surface area contributed by atoms with Crippen LogP contribution in [0.1, 0.15) is 46.2 Å². The molecule has 46 heavy (non-hydrogen) atoms. The second-order valence-corrected chi connectivity index (χ2v) is 11.0. The Balaban J connectivity index is 1.32. The van der Waals surface area contributed by atoms with Gasteiger partial charge in [-0.05, 0) is 60.5 Å². The highest BCUT2D eigenvalue weighted by atomic mass is 19.1. The van der Waals surface area contributed by atoms with E-state index in [1.54, 1.807) is 15.5 Å². The van der Waals surface area contributed by atoms with E-state index in [1.165, 1.54) is 49.5 Å². The quantitative estimate of drug-likeness (QED) is 0.217. The molecule has 5 aromatic rings. The van der Waals surface area contributed by atoms with E-state index in [1.807, 2.05) is 6.07 Å². The summed E-state index contributed by atoms with van der Waals surface area (Å²) in [5.41, 5.74) is 1.38. The minimum atomic E-state index is -1.12. The van der Waals surface area contributed by atoms with Crippen molar-refractivity contribution in [2.75, 3.05) is 6.54 Å². The Kier molecular flexibility index (Phi) is 8.15. The number of rotatable bonds is 9. The number of nitrogens with zero attached hydrogens (tertiary/aromatic N) is 5. The van der Waals surface area contributed by atoms with E-state index < -0.39 is 23.4 Å². The molecule has 1 atom stereocenters. The molecule has 1 fully saturated rings. The third kappa shape index (κ3) is 5.99. The fourth-order valence-corrected chi connectivity index (χ4v) is 5.57. The monoisotopic (exact) mass is 625 g/mol. The van der Waals surface area contributed by atoms with E-state index in [4.69, 9.17) is 10.00 Å². The lowest BCUT2D eigenvalue weighted by Crippen LogP contribution is -2.52. The number of pyridine rings is 1. The fourth-order valence-electron chi connectivity index (χ4n) is 5.57. The zero-order valence-corrected chi connectivity index (χ0v) is 24.5. The van der Waals surface area contributed by atoms with Crippen LogP contribution in [0.15, 0.2) is 66.9 Å². The number of carbonyl (C=O) groups excluding carboxylic acids is 1. The maximum atomic E-state index is 16.1. The van der Waals surface area contributed by atoms with Gasteiger partial charge in [0.05, 0.1) is 40.0 Å². The van der Waals surface area contributed by atoms with Crippen molar-refractivity contribution in [3.63, 3.8) is 0 Å². The van der Waals surface area contributed by atoms with Gasteiger partial charge in [0.1, 0.15) is 35.6 Å². The molecule has 0 spiro atoms. The van der Waals surface area contributed by atoms with Crippen LogP contribution in [0.5, 0.6) is 5.75 Å². The minimum absolute atomic E-state index is 0.00479. The number of aromatic carboxylic acids is 1. The maximum absolute atomic E-state index is 16.1. The summed E-state index contributed by atoms with van der Waals surface area (Å²) in [4.78, 5) is 34.3. The largest absolute Gasteiger partial charge is 0.489 e. The van der Waals surface area contributed by atoms with E-state index >= 15 is 8.78 Å². The smallest absolute Gasteiger partial charge is 0.335 e. The summed E-state index contributed by atoms with van der Waals surface area (Å²) in [5, 5.41) is 18.5. The molecule has 3 aromatic carbocycles. The molecule has 0 saturated carbocycles. The number of fused-ring (bicyclic) bond motifs is 1. The number of carbonyl (C=O) groups is 2. The van der Waals surface area contributed by atoms with Crippen LogP contribution in [-0.2, 0) is 24.4 Å². The molecular weight excluding hydrogens is 599 g/mol. The van der Waals surface area contributed by atoms with E-state index in [2.05, 4.69) is 9.97 Å². The van der Waals surface area contributed by atoms with E-state index in [-0.39, 0.29) is 64.2 Å². The number of imidazole rings is 1. The molecule has 1 aliphatic heterocycles. The van der Waals surface area contributed by atoms with E-state index in [0.717, 1.165) is 24.6 Å². The number of hydrogen-bond donors (Lipinski definition) is 1. The first-order valence-electron chi connectivity index (χ1n) is 14.4. The number of aromatic nitrogens is 3. The fraction of sp³-hybridized carbons (Fsp3) is 0.206. The van der Waals surface area contributed by atoms with Gasteiger partial charge in [-0.15, -0.1) is 0 Å². The molecule has 0 bridgehead atoms. The van der Waals surface area contributed by atoms with Crippen LogP contribution in [0, 0.1) is 28.8 Å². The lowest BCUT2D eigenvalue weighted by molar-refractivity contribution is -0.136.